The number of rotatable bonds is 5. The molecule has 0 aromatic carbocycles. The molecule has 0 spiro atoms. The van der Waals surface area contributed by atoms with E-state index in [9.17, 15) is 0 Å². The molecule has 108 valence electrons. The Morgan fingerprint density at radius 1 is 1.20 bits per heavy atom. The number of nitrogens with two attached hydrogens (primary N) is 1. The fourth-order valence-corrected chi connectivity index (χ4v) is 2.74. The number of nitrogen functional groups attached to an aromatic ring is 1. The van der Waals surface area contributed by atoms with Crippen LogP contribution in [0.5, 0.6) is 0 Å². The molecule has 4 nitrogen and oxygen atoms in total. The Hall–Kier alpha value is -1.84. The van der Waals surface area contributed by atoms with Gasteiger partial charge in [0.2, 0.25) is 0 Å². The first kappa shape index (κ1) is 14.6. The number of hydrogen-bond donors (Lipinski definition) is 1. The molecule has 0 aliphatic rings. The van der Waals surface area contributed by atoms with Crippen LogP contribution in [0.2, 0.25) is 0 Å². The highest BCUT2D eigenvalue weighted by Gasteiger charge is 2.20. The van der Waals surface area contributed by atoms with Crippen LogP contribution in [0.4, 0.5) is 5.82 Å². The average molecular weight is 272 g/mol. The summed E-state index contributed by atoms with van der Waals surface area (Å²) in [4.78, 5) is 8.45. The standard InChI is InChI=1S/C16H24N4/c1-11(2)14(12(3)4)9-20-10-18-8-15(20)13-6-5-7-19-16(13)17/h5-8,10-12,14H,9H2,1-4H3,(H2,17,19). The summed E-state index contributed by atoms with van der Waals surface area (Å²) < 4.78 is 2.19. The van der Waals surface area contributed by atoms with Gasteiger partial charge >= 0.3 is 0 Å². The largest absolute Gasteiger partial charge is 0.383 e. The number of hydrogen-bond acceptors (Lipinski definition) is 3. The van der Waals surface area contributed by atoms with E-state index < -0.39 is 0 Å². The van der Waals surface area contributed by atoms with Crippen LogP contribution < -0.4 is 5.73 Å². The maximum atomic E-state index is 5.98. The summed E-state index contributed by atoms with van der Waals surface area (Å²) in [6.07, 6.45) is 5.47. The zero-order chi connectivity index (χ0) is 14.7. The molecular weight excluding hydrogens is 248 g/mol. The minimum Gasteiger partial charge on any atom is -0.383 e. The first-order valence-corrected chi connectivity index (χ1v) is 7.21. The second-order valence-corrected chi connectivity index (χ2v) is 6.02. The van der Waals surface area contributed by atoms with Crippen molar-refractivity contribution < 1.29 is 0 Å². The molecule has 0 fully saturated rings. The van der Waals surface area contributed by atoms with Gasteiger partial charge in [0, 0.05) is 18.3 Å². The first-order valence-electron chi connectivity index (χ1n) is 7.21. The Morgan fingerprint density at radius 2 is 1.90 bits per heavy atom. The lowest BCUT2D eigenvalue weighted by molar-refractivity contribution is 0.252. The van der Waals surface area contributed by atoms with Crippen molar-refractivity contribution in [2.75, 3.05) is 5.73 Å². The summed E-state index contributed by atoms with van der Waals surface area (Å²) >= 11 is 0. The SMILES string of the molecule is CC(C)C(Cn1cncc1-c1cccnc1N)C(C)C. The minimum absolute atomic E-state index is 0.555. The summed E-state index contributed by atoms with van der Waals surface area (Å²) in [6, 6.07) is 3.90. The zero-order valence-corrected chi connectivity index (χ0v) is 12.7. The molecule has 0 amide bonds. The van der Waals surface area contributed by atoms with E-state index in [2.05, 4.69) is 42.2 Å². The maximum absolute atomic E-state index is 5.98. The van der Waals surface area contributed by atoms with Crippen molar-refractivity contribution in [3.63, 3.8) is 0 Å². The third-order valence-electron chi connectivity index (χ3n) is 3.95. The molecule has 0 aliphatic heterocycles. The molecule has 0 aliphatic carbocycles. The van der Waals surface area contributed by atoms with E-state index in [0.29, 0.717) is 23.6 Å². The topological polar surface area (TPSA) is 56.7 Å². The third-order valence-corrected chi connectivity index (χ3v) is 3.95. The lowest BCUT2D eigenvalue weighted by Gasteiger charge is -2.26. The summed E-state index contributed by atoms with van der Waals surface area (Å²) in [6.45, 7) is 10.1. The molecule has 2 N–H and O–H groups in total. The van der Waals surface area contributed by atoms with Crippen LogP contribution in [0.15, 0.2) is 30.9 Å². The summed E-state index contributed by atoms with van der Waals surface area (Å²) in [5.41, 5.74) is 7.98. The van der Waals surface area contributed by atoms with Gasteiger partial charge < -0.3 is 10.3 Å². The van der Waals surface area contributed by atoms with Crippen molar-refractivity contribution in [3.05, 3.63) is 30.9 Å². The van der Waals surface area contributed by atoms with Crippen LogP contribution in [0, 0.1) is 17.8 Å². The number of nitrogens with zero attached hydrogens (tertiary/aromatic N) is 3. The number of anilines is 1. The smallest absolute Gasteiger partial charge is 0.132 e. The van der Waals surface area contributed by atoms with Crippen molar-refractivity contribution in [3.8, 4) is 11.3 Å². The molecule has 0 radical (unpaired) electrons. The fourth-order valence-electron chi connectivity index (χ4n) is 2.74. The Kier molecular flexibility index (Phi) is 4.42. The molecule has 20 heavy (non-hydrogen) atoms. The van der Waals surface area contributed by atoms with E-state index in [1.54, 1.807) is 6.20 Å². The van der Waals surface area contributed by atoms with Crippen LogP contribution in [0.1, 0.15) is 27.7 Å². The fraction of sp³-hybridized carbons (Fsp3) is 0.500. The predicted octanol–water partition coefficient (Wildman–Crippen LogP) is 3.46. The van der Waals surface area contributed by atoms with E-state index in [0.717, 1.165) is 17.8 Å². The predicted molar refractivity (Wildman–Crippen MR) is 83.0 cm³/mol. The summed E-state index contributed by atoms with van der Waals surface area (Å²) in [7, 11) is 0. The highest BCUT2D eigenvalue weighted by Crippen LogP contribution is 2.28. The van der Waals surface area contributed by atoms with E-state index in [4.69, 9.17) is 5.73 Å². The van der Waals surface area contributed by atoms with Gasteiger partial charge in [0.1, 0.15) is 5.82 Å². The van der Waals surface area contributed by atoms with Gasteiger partial charge in [-0.25, -0.2) is 9.97 Å². The Balaban J connectivity index is 2.32. The third kappa shape index (κ3) is 3.00. The molecular formula is C16H24N4. The van der Waals surface area contributed by atoms with Gasteiger partial charge in [-0.2, -0.15) is 0 Å². The molecule has 2 rings (SSSR count). The quantitative estimate of drug-likeness (QED) is 0.907. The summed E-state index contributed by atoms with van der Waals surface area (Å²) in [5.74, 6) is 2.44. The molecule has 0 atom stereocenters. The molecule has 2 aromatic heterocycles. The molecule has 0 saturated carbocycles. The number of aromatic nitrogens is 3. The van der Waals surface area contributed by atoms with Crippen molar-refractivity contribution in [2.24, 2.45) is 17.8 Å². The van der Waals surface area contributed by atoms with E-state index >= 15 is 0 Å². The van der Waals surface area contributed by atoms with Gasteiger partial charge in [-0.05, 0) is 29.9 Å². The van der Waals surface area contributed by atoms with Gasteiger partial charge in [-0.3, -0.25) is 0 Å². The summed E-state index contributed by atoms with van der Waals surface area (Å²) in [5, 5.41) is 0. The van der Waals surface area contributed by atoms with Crippen LogP contribution >= 0.6 is 0 Å². The highest BCUT2D eigenvalue weighted by molar-refractivity contribution is 5.70. The van der Waals surface area contributed by atoms with E-state index in [-0.39, 0.29) is 0 Å². The average Bonchev–Trinajstić information content (AvgIpc) is 2.83. The monoisotopic (exact) mass is 272 g/mol. The lowest BCUT2D eigenvalue weighted by atomic mass is 9.85. The van der Waals surface area contributed by atoms with Crippen LogP contribution in [0.3, 0.4) is 0 Å². The van der Waals surface area contributed by atoms with Gasteiger partial charge in [0.25, 0.3) is 0 Å². The van der Waals surface area contributed by atoms with Crippen LogP contribution in [0.25, 0.3) is 11.3 Å². The van der Waals surface area contributed by atoms with Crippen molar-refractivity contribution in [1.29, 1.82) is 0 Å². The van der Waals surface area contributed by atoms with Crippen LogP contribution in [-0.2, 0) is 6.54 Å². The van der Waals surface area contributed by atoms with Gasteiger partial charge in [0.05, 0.1) is 18.2 Å². The Labute approximate surface area is 121 Å². The molecule has 2 aromatic rings. The zero-order valence-electron chi connectivity index (χ0n) is 12.7. The normalized spacial score (nSPS) is 11.8. The Bertz CT molecular complexity index is 549. The van der Waals surface area contributed by atoms with Gasteiger partial charge in [0.15, 0.2) is 0 Å². The maximum Gasteiger partial charge on any atom is 0.132 e. The molecule has 0 saturated heterocycles. The van der Waals surface area contributed by atoms with E-state index in [1.807, 2.05) is 24.7 Å². The Morgan fingerprint density at radius 3 is 2.50 bits per heavy atom. The van der Waals surface area contributed by atoms with Gasteiger partial charge in [-0.15, -0.1) is 0 Å². The molecule has 0 unspecified atom stereocenters. The first-order chi connectivity index (χ1) is 9.50. The van der Waals surface area contributed by atoms with Gasteiger partial charge in [-0.1, -0.05) is 27.7 Å². The van der Waals surface area contributed by atoms with E-state index in [1.165, 1.54) is 0 Å². The van der Waals surface area contributed by atoms with Crippen LogP contribution in [-0.4, -0.2) is 14.5 Å². The van der Waals surface area contributed by atoms with Crippen molar-refractivity contribution in [2.45, 2.75) is 34.2 Å². The molecule has 0 bridgehead atoms. The second-order valence-electron chi connectivity index (χ2n) is 6.02. The second kappa shape index (κ2) is 6.07. The highest BCUT2D eigenvalue weighted by atomic mass is 15.1. The molecule has 2 heterocycles. The van der Waals surface area contributed by atoms with Crippen molar-refractivity contribution in [1.82, 2.24) is 14.5 Å². The molecule has 4 heteroatoms. The minimum atomic E-state index is 0.555. The lowest BCUT2D eigenvalue weighted by Crippen LogP contribution is -2.22. The number of pyridine rings is 1. The number of imidazole rings is 1. The van der Waals surface area contributed by atoms with Crippen molar-refractivity contribution >= 4 is 5.82 Å².